The van der Waals surface area contributed by atoms with E-state index < -0.39 is 10.0 Å². The maximum Gasteiger partial charge on any atom is 0.229 e. The van der Waals surface area contributed by atoms with Crippen molar-refractivity contribution < 1.29 is 17.9 Å². The second kappa shape index (κ2) is 8.37. The molecule has 2 rings (SSSR count). The monoisotopic (exact) mass is 363 g/mol. The highest BCUT2D eigenvalue weighted by Gasteiger charge is 2.21. The van der Waals surface area contributed by atoms with E-state index in [4.69, 9.17) is 4.74 Å². The average Bonchev–Trinajstić information content (AvgIpc) is 2.47. The molecule has 9 heteroatoms. The van der Waals surface area contributed by atoms with Gasteiger partial charge in [-0.3, -0.25) is 9.52 Å². The van der Waals surface area contributed by atoms with Crippen LogP contribution in [0.5, 0.6) is 5.75 Å². The number of halogens is 1. The molecule has 1 aromatic rings. The fourth-order valence-corrected chi connectivity index (χ4v) is 2.95. The minimum atomic E-state index is -3.43. The van der Waals surface area contributed by atoms with E-state index in [1.165, 1.54) is 7.11 Å². The predicted octanol–water partition coefficient (Wildman–Crippen LogP) is 1.43. The number of anilines is 2. The normalized spacial score (nSPS) is 15.4. The zero-order valence-corrected chi connectivity index (χ0v) is 14.7. The Morgan fingerprint density at radius 1 is 1.30 bits per heavy atom. The zero-order chi connectivity index (χ0) is 16.2. The van der Waals surface area contributed by atoms with Crippen molar-refractivity contribution in [3.8, 4) is 5.75 Å². The molecule has 3 N–H and O–H groups in total. The van der Waals surface area contributed by atoms with Gasteiger partial charge in [-0.1, -0.05) is 0 Å². The zero-order valence-electron chi connectivity index (χ0n) is 13.1. The van der Waals surface area contributed by atoms with E-state index in [1.54, 1.807) is 18.2 Å². The molecule has 0 spiro atoms. The van der Waals surface area contributed by atoms with Crippen LogP contribution in [0.2, 0.25) is 0 Å². The Morgan fingerprint density at radius 3 is 2.52 bits per heavy atom. The van der Waals surface area contributed by atoms with Gasteiger partial charge in [-0.2, -0.15) is 0 Å². The first kappa shape index (κ1) is 19.5. The summed E-state index contributed by atoms with van der Waals surface area (Å²) in [5.41, 5.74) is 0.837. The molecular formula is C14H22ClN3O4S. The molecule has 1 aromatic carbocycles. The van der Waals surface area contributed by atoms with Crippen LogP contribution in [0.3, 0.4) is 0 Å². The highest BCUT2D eigenvalue weighted by atomic mass is 35.5. The van der Waals surface area contributed by atoms with E-state index in [1.807, 2.05) is 0 Å². The Morgan fingerprint density at radius 2 is 1.96 bits per heavy atom. The average molecular weight is 364 g/mol. The number of ether oxygens (including phenoxy) is 1. The van der Waals surface area contributed by atoms with Gasteiger partial charge in [0.2, 0.25) is 15.9 Å². The molecule has 1 heterocycles. The van der Waals surface area contributed by atoms with E-state index in [0.717, 1.165) is 32.2 Å². The van der Waals surface area contributed by atoms with Crippen LogP contribution in [0.15, 0.2) is 18.2 Å². The molecule has 0 aliphatic carbocycles. The van der Waals surface area contributed by atoms with Gasteiger partial charge < -0.3 is 15.4 Å². The van der Waals surface area contributed by atoms with Gasteiger partial charge in [-0.15, -0.1) is 12.4 Å². The maximum atomic E-state index is 12.2. The molecule has 0 bridgehead atoms. The molecule has 23 heavy (non-hydrogen) atoms. The van der Waals surface area contributed by atoms with Gasteiger partial charge in [0.15, 0.2) is 0 Å². The Bertz CT molecular complexity index is 645. The van der Waals surface area contributed by atoms with Gasteiger partial charge in [0.1, 0.15) is 5.75 Å². The number of piperidine rings is 1. The van der Waals surface area contributed by atoms with Gasteiger partial charge in [-0.05, 0) is 44.1 Å². The van der Waals surface area contributed by atoms with Gasteiger partial charge in [0, 0.05) is 11.6 Å². The van der Waals surface area contributed by atoms with Crippen LogP contribution in [0.1, 0.15) is 12.8 Å². The lowest BCUT2D eigenvalue weighted by atomic mass is 9.97. The number of hydrogen-bond acceptors (Lipinski definition) is 5. The molecule has 1 aliphatic rings. The number of sulfonamides is 1. The van der Waals surface area contributed by atoms with Crippen molar-refractivity contribution in [1.82, 2.24) is 5.32 Å². The molecule has 0 atom stereocenters. The quantitative estimate of drug-likeness (QED) is 0.735. The first-order valence-electron chi connectivity index (χ1n) is 7.06. The van der Waals surface area contributed by atoms with Crippen LogP contribution in [0.25, 0.3) is 0 Å². The van der Waals surface area contributed by atoms with Gasteiger partial charge >= 0.3 is 0 Å². The van der Waals surface area contributed by atoms with Crippen LogP contribution in [-0.4, -0.2) is 40.8 Å². The van der Waals surface area contributed by atoms with Crippen LogP contribution >= 0.6 is 12.4 Å². The molecule has 1 amide bonds. The number of amides is 1. The van der Waals surface area contributed by atoms with Crippen molar-refractivity contribution >= 4 is 39.7 Å². The Balaban J connectivity index is 0.00000264. The van der Waals surface area contributed by atoms with Gasteiger partial charge in [0.25, 0.3) is 0 Å². The van der Waals surface area contributed by atoms with Crippen LogP contribution in [0, 0.1) is 5.92 Å². The van der Waals surface area contributed by atoms with Crippen molar-refractivity contribution in [1.29, 1.82) is 0 Å². The molecule has 130 valence electrons. The topological polar surface area (TPSA) is 96.5 Å². The number of nitrogens with one attached hydrogen (secondary N) is 3. The Hall–Kier alpha value is -1.51. The van der Waals surface area contributed by atoms with Crippen molar-refractivity contribution in [2.45, 2.75) is 12.8 Å². The molecule has 0 unspecified atom stereocenters. The fraction of sp³-hybridized carbons (Fsp3) is 0.500. The van der Waals surface area contributed by atoms with Gasteiger partial charge in [-0.25, -0.2) is 8.42 Å². The molecule has 1 saturated heterocycles. The predicted molar refractivity (Wildman–Crippen MR) is 92.9 cm³/mol. The highest BCUT2D eigenvalue weighted by molar-refractivity contribution is 7.92. The third-order valence-corrected chi connectivity index (χ3v) is 4.06. The van der Waals surface area contributed by atoms with Crippen molar-refractivity contribution in [2.75, 3.05) is 36.5 Å². The van der Waals surface area contributed by atoms with Crippen LogP contribution in [-0.2, 0) is 14.8 Å². The fourth-order valence-electron chi connectivity index (χ4n) is 2.39. The number of rotatable bonds is 5. The van der Waals surface area contributed by atoms with E-state index >= 15 is 0 Å². The summed E-state index contributed by atoms with van der Waals surface area (Å²) in [6.45, 7) is 1.67. The lowest BCUT2D eigenvalue weighted by Gasteiger charge is -2.22. The van der Waals surface area contributed by atoms with E-state index in [-0.39, 0.29) is 24.2 Å². The minimum Gasteiger partial charge on any atom is -0.495 e. The molecule has 1 fully saturated rings. The second-order valence-corrected chi connectivity index (χ2v) is 7.05. The van der Waals surface area contributed by atoms with E-state index in [0.29, 0.717) is 17.1 Å². The largest absolute Gasteiger partial charge is 0.495 e. The minimum absolute atomic E-state index is 0. The number of benzene rings is 1. The third-order valence-electron chi connectivity index (χ3n) is 3.47. The number of methoxy groups -OCH3 is 1. The van der Waals surface area contributed by atoms with E-state index in [9.17, 15) is 13.2 Å². The molecule has 0 saturated carbocycles. The first-order chi connectivity index (χ1) is 10.4. The Labute approximate surface area is 142 Å². The first-order valence-corrected chi connectivity index (χ1v) is 8.95. The highest BCUT2D eigenvalue weighted by Crippen LogP contribution is 2.29. The summed E-state index contributed by atoms with van der Waals surface area (Å²) in [5, 5.41) is 6.04. The molecular weight excluding hydrogens is 342 g/mol. The molecule has 0 radical (unpaired) electrons. The maximum absolute atomic E-state index is 12.2. The van der Waals surface area contributed by atoms with Crippen molar-refractivity contribution in [2.24, 2.45) is 5.92 Å². The van der Waals surface area contributed by atoms with Crippen LogP contribution in [0.4, 0.5) is 11.4 Å². The summed E-state index contributed by atoms with van der Waals surface area (Å²) in [4.78, 5) is 12.2. The van der Waals surface area contributed by atoms with Crippen molar-refractivity contribution in [3.05, 3.63) is 18.2 Å². The molecule has 0 aromatic heterocycles. The third kappa shape index (κ3) is 5.89. The summed E-state index contributed by atoms with van der Waals surface area (Å²) in [5.74, 6) is 0.330. The van der Waals surface area contributed by atoms with Gasteiger partial charge in [0.05, 0.1) is 19.1 Å². The second-order valence-electron chi connectivity index (χ2n) is 5.30. The van der Waals surface area contributed by atoms with Crippen molar-refractivity contribution in [3.63, 3.8) is 0 Å². The van der Waals surface area contributed by atoms with Crippen LogP contribution < -0.4 is 20.1 Å². The lowest BCUT2D eigenvalue weighted by molar-refractivity contribution is -0.120. The SMILES string of the molecule is COc1ccc(NC(=O)C2CCNCC2)cc1NS(C)(=O)=O.Cl. The summed E-state index contributed by atoms with van der Waals surface area (Å²) >= 11 is 0. The summed E-state index contributed by atoms with van der Waals surface area (Å²) in [6.07, 6.45) is 2.67. The smallest absolute Gasteiger partial charge is 0.229 e. The summed E-state index contributed by atoms with van der Waals surface area (Å²) in [7, 11) is -1.97. The molecule has 1 aliphatic heterocycles. The summed E-state index contributed by atoms with van der Waals surface area (Å²) < 4.78 is 30.3. The number of carbonyl (C=O) groups is 1. The number of hydrogen-bond donors (Lipinski definition) is 3. The lowest BCUT2D eigenvalue weighted by Crippen LogP contribution is -2.34. The standard InChI is InChI=1S/C14H21N3O4S.ClH/c1-21-13-4-3-11(9-12(13)17-22(2,19)20)16-14(18)10-5-7-15-8-6-10;/h3-4,9-10,15,17H,5-8H2,1-2H3,(H,16,18);1H. The van der Waals surface area contributed by atoms with E-state index in [2.05, 4.69) is 15.4 Å². The molecule has 7 nitrogen and oxygen atoms in total. The number of carbonyl (C=O) groups excluding carboxylic acids is 1. The Kier molecular flexibility index (Phi) is 7.11. The summed E-state index contributed by atoms with van der Waals surface area (Å²) in [6, 6.07) is 4.86.